The van der Waals surface area contributed by atoms with Gasteiger partial charge in [-0.3, -0.25) is 10.1 Å². The van der Waals surface area contributed by atoms with Crippen molar-refractivity contribution in [2.24, 2.45) is 0 Å². The number of nitro benzene ring substituents is 1. The predicted molar refractivity (Wildman–Crippen MR) is 86.4 cm³/mol. The van der Waals surface area contributed by atoms with E-state index < -0.39 is 28.1 Å². The lowest BCUT2D eigenvalue weighted by atomic mass is 10.0. The maximum absolute atomic E-state index is 13.8. The number of ether oxygens (including phenoxy) is 1. The lowest BCUT2D eigenvalue weighted by Crippen LogP contribution is -2.55. The van der Waals surface area contributed by atoms with Crippen molar-refractivity contribution in [2.75, 3.05) is 19.6 Å². The van der Waals surface area contributed by atoms with Crippen LogP contribution in [0.1, 0.15) is 26.3 Å². The van der Waals surface area contributed by atoms with Crippen LogP contribution in [0.2, 0.25) is 0 Å². The summed E-state index contributed by atoms with van der Waals surface area (Å²) in [4.78, 5) is 23.9. The zero-order valence-electron chi connectivity index (χ0n) is 14.0. The first kappa shape index (κ1) is 18.1. The van der Waals surface area contributed by atoms with Crippen LogP contribution in [0.3, 0.4) is 0 Å². The Morgan fingerprint density at radius 2 is 2.21 bits per heavy atom. The largest absolute Gasteiger partial charge is 0.444 e. The predicted octanol–water partition coefficient (Wildman–Crippen LogP) is 2.49. The second-order valence-corrected chi connectivity index (χ2v) is 6.78. The van der Waals surface area contributed by atoms with Crippen LogP contribution in [-0.4, -0.2) is 47.2 Å². The average molecular weight is 339 g/mol. The molecule has 1 aromatic carbocycles. The van der Waals surface area contributed by atoms with E-state index in [1.807, 2.05) is 0 Å². The molecule has 1 aromatic rings. The minimum absolute atomic E-state index is 0.200. The van der Waals surface area contributed by atoms with Crippen molar-refractivity contribution in [1.29, 1.82) is 0 Å². The van der Waals surface area contributed by atoms with Crippen LogP contribution < -0.4 is 5.32 Å². The summed E-state index contributed by atoms with van der Waals surface area (Å²) in [6.07, 6.45) is -0.0161. The van der Waals surface area contributed by atoms with Crippen molar-refractivity contribution in [3.05, 3.63) is 39.7 Å². The van der Waals surface area contributed by atoms with Crippen molar-refractivity contribution in [2.45, 2.75) is 38.8 Å². The van der Waals surface area contributed by atoms with Crippen molar-refractivity contribution in [3.8, 4) is 0 Å². The van der Waals surface area contributed by atoms with Crippen molar-refractivity contribution < 1.29 is 18.8 Å². The molecule has 1 N–H and O–H groups in total. The van der Waals surface area contributed by atoms with Crippen LogP contribution in [-0.2, 0) is 11.2 Å². The minimum Gasteiger partial charge on any atom is -0.444 e. The van der Waals surface area contributed by atoms with Gasteiger partial charge in [-0.25, -0.2) is 4.79 Å². The maximum atomic E-state index is 13.8. The molecule has 0 spiro atoms. The van der Waals surface area contributed by atoms with Gasteiger partial charge < -0.3 is 15.0 Å². The number of nitro groups is 1. The third-order valence-corrected chi connectivity index (χ3v) is 3.66. The standard InChI is InChI=1S/C16H22FN3O4/c1-16(2,3)24-15(21)19-7-6-18-10-12(19)8-11-4-5-14(20(22)23)13(17)9-11/h4-5,9,12,18H,6-8,10H2,1-3H3. The molecule has 0 bridgehead atoms. The molecule has 1 amide bonds. The lowest BCUT2D eigenvalue weighted by molar-refractivity contribution is -0.387. The van der Waals surface area contributed by atoms with E-state index in [1.165, 1.54) is 6.07 Å². The van der Waals surface area contributed by atoms with E-state index in [-0.39, 0.29) is 6.04 Å². The highest BCUT2D eigenvalue weighted by Gasteiger charge is 2.30. The number of carbonyl (C=O) groups is 1. The number of amides is 1. The Balaban J connectivity index is 2.12. The Hall–Kier alpha value is -2.22. The number of nitrogens with zero attached hydrogens (tertiary/aromatic N) is 2. The van der Waals surface area contributed by atoms with Gasteiger partial charge in [0.15, 0.2) is 0 Å². The summed E-state index contributed by atoms with van der Waals surface area (Å²) in [5, 5.41) is 13.9. The molecular weight excluding hydrogens is 317 g/mol. The highest BCUT2D eigenvalue weighted by molar-refractivity contribution is 5.68. The maximum Gasteiger partial charge on any atom is 0.410 e. The molecule has 0 radical (unpaired) electrons. The van der Waals surface area contributed by atoms with Crippen molar-refractivity contribution in [3.63, 3.8) is 0 Å². The van der Waals surface area contributed by atoms with E-state index >= 15 is 0 Å². The molecule has 0 aromatic heterocycles. The van der Waals surface area contributed by atoms with Gasteiger partial charge >= 0.3 is 11.8 Å². The second-order valence-electron chi connectivity index (χ2n) is 6.78. The molecule has 0 saturated carbocycles. The van der Waals surface area contributed by atoms with Gasteiger partial charge in [0.1, 0.15) is 5.60 Å². The fourth-order valence-electron chi connectivity index (χ4n) is 2.60. The number of hydrogen-bond acceptors (Lipinski definition) is 5. The van der Waals surface area contributed by atoms with Crippen LogP contribution in [0.25, 0.3) is 0 Å². The molecule has 1 atom stereocenters. The summed E-state index contributed by atoms with van der Waals surface area (Å²) in [6, 6.07) is 3.62. The molecule has 7 nitrogen and oxygen atoms in total. The first-order valence-electron chi connectivity index (χ1n) is 7.80. The monoisotopic (exact) mass is 339 g/mol. The number of rotatable bonds is 3. The first-order valence-corrected chi connectivity index (χ1v) is 7.80. The molecule has 24 heavy (non-hydrogen) atoms. The van der Waals surface area contributed by atoms with Crippen LogP contribution >= 0.6 is 0 Å². The number of hydrogen-bond donors (Lipinski definition) is 1. The Labute approximate surface area is 139 Å². The Kier molecular flexibility index (Phi) is 5.38. The highest BCUT2D eigenvalue weighted by Crippen LogP contribution is 2.21. The smallest absolute Gasteiger partial charge is 0.410 e. The third kappa shape index (κ3) is 4.64. The molecule has 1 saturated heterocycles. The molecule has 1 heterocycles. The second kappa shape index (κ2) is 7.12. The fraction of sp³-hybridized carbons (Fsp3) is 0.562. The van der Waals surface area contributed by atoms with Crippen molar-refractivity contribution >= 4 is 11.8 Å². The van der Waals surface area contributed by atoms with E-state index in [2.05, 4.69) is 5.32 Å². The minimum atomic E-state index is -0.870. The number of halogens is 1. The number of piperazine rings is 1. The molecule has 1 aliphatic heterocycles. The summed E-state index contributed by atoms with van der Waals surface area (Å²) in [5.74, 6) is -0.870. The summed E-state index contributed by atoms with van der Waals surface area (Å²) in [6.45, 7) is 7.10. The quantitative estimate of drug-likeness (QED) is 0.675. The Bertz CT molecular complexity index is 630. The van der Waals surface area contributed by atoms with E-state index in [0.29, 0.717) is 31.6 Å². The van der Waals surface area contributed by atoms with Crippen LogP contribution in [0, 0.1) is 15.9 Å². The Morgan fingerprint density at radius 1 is 1.50 bits per heavy atom. The van der Waals surface area contributed by atoms with Gasteiger partial charge in [-0.15, -0.1) is 0 Å². The molecule has 1 aliphatic rings. The lowest BCUT2D eigenvalue weighted by Gasteiger charge is -2.37. The normalized spacial score (nSPS) is 18.3. The van der Waals surface area contributed by atoms with E-state index in [4.69, 9.17) is 4.74 Å². The van der Waals surface area contributed by atoms with Crippen LogP contribution in [0.4, 0.5) is 14.9 Å². The summed E-state index contributed by atoms with van der Waals surface area (Å²) in [7, 11) is 0. The third-order valence-electron chi connectivity index (χ3n) is 3.66. The van der Waals surface area contributed by atoms with Gasteiger partial charge in [0.25, 0.3) is 0 Å². The Morgan fingerprint density at radius 3 is 2.79 bits per heavy atom. The molecule has 2 rings (SSSR count). The van der Waals surface area contributed by atoms with Gasteiger partial charge in [0, 0.05) is 25.7 Å². The highest BCUT2D eigenvalue weighted by atomic mass is 19.1. The van der Waals surface area contributed by atoms with Gasteiger partial charge in [0.2, 0.25) is 5.82 Å². The van der Waals surface area contributed by atoms with Gasteiger partial charge in [-0.05, 0) is 38.8 Å². The van der Waals surface area contributed by atoms with E-state index in [1.54, 1.807) is 25.7 Å². The summed E-state index contributed by atoms with van der Waals surface area (Å²) in [5.41, 5.74) is -0.545. The van der Waals surface area contributed by atoms with Crippen LogP contribution in [0.15, 0.2) is 18.2 Å². The van der Waals surface area contributed by atoms with E-state index in [0.717, 1.165) is 12.1 Å². The topological polar surface area (TPSA) is 84.7 Å². The van der Waals surface area contributed by atoms with Crippen LogP contribution in [0.5, 0.6) is 0 Å². The molecule has 1 fully saturated rings. The molecule has 1 unspecified atom stereocenters. The summed E-state index contributed by atoms with van der Waals surface area (Å²) < 4.78 is 19.2. The number of nitrogens with one attached hydrogen (secondary N) is 1. The van der Waals surface area contributed by atoms with Crippen molar-refractivity contribution in [1.82, 2.24) is 10.2 Å². The zero-order valence-corrected chi connectivity index (χ0v) is 14.0. The van der Waals surface area contributed by atoms with Gasteiger partial charge in [-0.2, -0.15) is 4.39 Å². The zero-order chi connectivity index (χ0) is 17.9. The number of benzene rings is 1. The average Bonchev–Trinajstić information content (AvgIpc) is 2.45. The fourth-order valence-corrected chi connectivity index (χ4v) is 2.60. The molecule has 8 heteroatoms. The summed E-state index contributed by atoms with van der Waals surface area (Å²) >= 11 is 0. The first-order chi connectivity index (χ1) is 11.2. The van der Waals surface area contributed by atoms with Gasteiger partial charge in [0.05, 0.1) is 11.0 Å². The molecular formula is C16H22FN3O4. The SMILES string of the molecule is CC(C)(C)OC(=O)N1CCNCC1Cc1ccc([N+](=O)[O-])c(F)c1. The van der Waals surface area contributed by atoms with Gasteiger partial charge in [-0.1, -0.05) is 6.07 Å². The number of carbonyl (C=O) groups excluding carboxylic acids is 1. The van der Waals surface area contributed by atoms with E-state index in [9.17, 15) is 19.3 Å². The molecule has 0 aliphatic carbocycles. The molecule has 132 valence electrons.